The molecule has 0 aliphatic carbocycles. The molecule has 0 saturated heterocycles. The highest BCUT2D eigenvalue weighted by atomic mass is 32.2. The fourth-order valence-corrected chi connectivity index (χ4v) is 2.63. The summed E-state index contributed by atoms with van der Waals surface area (Å²) in [6.07, 6.45) is 1.59. The van der Waals surface area contributed by atoms with Crippen LogP contribution in [0, 0.1) is 0 Å². The number of carbonyl (C=O) groups is 1. The van der Waals surface area contributed by atoms with Crippen molar-refractivity contribution in [3.8, 4) is 5.75 Å². The summed E-state index contributed by atoms with van der Waals surface area (Å²) in [6.45, 7) is 3.95. The van der Waals surface area contributed by atoms with Crippen molar-refractivity contribution in [3.05, 3.63) is 48.4 Å². The van der Waals surface area contributed by atoms with Crippen molar-refractivity contribution in [2.75, 3.05) is 12.4 Å². The van der Waals surface area contributed by atoms with Crippen LogP contribution in [-0.4, -0.2) is 18.3 Å². The van der Waals surface area contributed by atoms with Gasteiger partial charge in [0.2, 0.25) is 0 Å². The number of hydrogen-bond acceptors (Lipinski definition) is 4. The summed E-state index contributed by atoms with van der Waals surface area (Å²) in [5.41, 5.74) is 0. The quantitative estimate of drug-likeness (QED) is 0.793. The molecule has 1 aromatic carbocycles. The van der Waals surface area contributed by atoms with E-state index in [9.17, 15) is 4.79 Å². The minimum atomic E-state index is -0.171. The van der Waals surface area contributed by atoms with Gasteiger partial charge in [-0.05, 0) is 36.9 Å². The molecule has 1 atom stereocenters. The smallest absolute Gasteiger partial charge is 0.258 e. The molecule has 4 nitrogen and oxygen atoms in total. The maximum absolute atomic E-state index is 11.9. The molecule has 0 aliphatic heterocycles. The van der Waals surface area contributed by atoms with Gasteiger partial charge in [-0.3, -0.25) is 4.79 Å². The van der Waals surface area contributed by atoms with E-state index in [2.05, 4.69) is 12.2 Å². The molecule has 2 aromatic rings. The predicted molar refractivity (Wildman–Crippen MR) is 83.6 cm³/mol. The summed E-state index contributed by atoms with van der Waals surface area (Å²) in [5.74, 6) is 2.26. The zero-order valence-corrected chi connectivity index (χ0v) is 13.0. The van der Waals surface area contributed by atoms with Gasteiger partial charge in [0, 0.05) is 4.90 Å². The number of amides is 1. The second kappa shape index (κ2) is 7.78. The highest BCUT2D eigenvalue weighted by molar-refractivity contribution is 7.99. The van der Waals surface area contributed by atoms with E-state index >= 15 is 0 Å². The number of carbonyl (C=O) groups excluding carboxylic acids is 1. The van der Waals surface area contributed by atoms with Crippen molar-refractivity contribution >= 4 is 17.7 Å². The summed E-state index contributed by atoms with van der Waals surface area (Å²) in [5, 5.41) is 2.84. The molecule has 0 aliphatic rings. The van der Waals surface area contributed by atoms with Crippen LogP contribution in [0.5, 0.6) is 5.75 Å². The molecule has 0 saturated carbocycles. The Kier molecular flexibility index (Phi) is 5.75. The van der Waals surface area contributed by atoms with Crippen molar-refractivity contribution in [1.82, 2.24) is 5.32 Å². The van der Waals surface area contributed by atoms with Gasteiger partial charge in [0.05, 0.1) is 12.3 Å². The molecule has 112 valence electrons. The van der Waals surface area contributed by atoms with Crippen molar-refractivity contribution in [2.45, 2.75) is 24.8 Å². The van der Waals surface area contributed by atoms with Gasteiger partial charge in [0.1, 0.15) is 11.5 Å². The summed E-state index contributed by atoms with van der Waals surface area (Å²) in [6, 6.07) is 11.2. The Bertz CT molecular complexity index is 569. The van der Waals surface area contributed by atoms with Gasteiger partial charge < -0.3 is 14.5 Å². The monoisotopic (exact) mass is 305 g/mol. The van der Waals surface area contributed by atoms with Crippen molar-refractivity contribution in [2.24, 2.45) is 0 Å². The highest BCUT2D eigenvalue weighted by Gasteiger charge is 2.12. The number of nitrogens with one attached hydrogen (secondary N) is 1. The van der Waals surface area contributed by atoms with Gasteiger partial charge in [-0.15, -0.1) is 11.8 Å². The molecule has 1 aromatic heterocycles. The van der Waals surface area contributed by atoms with Crippen LogP contribution < -0.4 is 10.1 Å². The first-order valence-electron chi connectivity index (χ1n) is 6.88. The van der Waals surface area contributed by atoms with Gasteiger partial charge in [-0.1, -0.05) is 19.1 Å². The van der Waals surface area contributed by atoms with E-state index in [4.69, 9.17) is 9.15 Å². The zero-order chi connectivity index (χ0) is 15.1. The Labute approximate surface area is 128 Å². The molecular weight excluding hydrogens is 286 g/mol. The third-order valence-corrected chi connectivity index (χ3v) is 3.79. The van der Waals surface area contributed by atoms with E-state index in [1.165, 1.54) is 0 Å². The molecule has 0 unspecified atom stereocenters. The minimum Gasteiger partial charge on any atom is -0.483 e. The molecule has 1 heterocycles. The Morgan fingerprint density at radius 1 is 1.33 bits per heavy atom. The molecule has 0 bridgehead atoms. The normalized spacial score (nSPS) is 11.9. The summed E-state index contributed by atoms with van der Waals surface area (Å²) in [4.78, 5) is 13.0. The summed E-state index contributed by atoms with van der Waals surface area (Å²) in [7, 11) is 0. The first-order valence-corrected chi connectivity index (χ1v) is 7.86. The van der Waals surface area contributed by atoms with E-state index in [0.29, 0.717) is 0 Å². The largest absolute Gasteiger partial charge is 0.483 e. The molecule has 5 heteroatoms. The maximum atomic E-state index is 11.9. The zero-order valence-electron chi connectivity index (χ0n) is 12.2. The Balaban J connectivity index is 1.86. The van der Waals surface area contributed by atoms with Gasteiger partial charge in [-0.2, -0.15) is 0 Å². The summed E-state index contributed by atoms with van der Waals surface area (Å²) < 4.78 is 10.9. The third kappa shape index (κ3) is 4.56. The van der Waals surface area contributed by atoms with Crippen LogP contribution >= 0.6 is 11.8 Å². The molecule has 1 N–H and O–H groups in total. The Hall–Kier alpha value is -1.88. The number of furan rings is 1. The molecule has 0 spiro atoms. The van der Waals surface area contributed by atoms with Crippen molar-refractivity contribution < 1.29 is 13.9 Å². The van der Waals surface area contributed by atoms with Crippen LogP contribution in [0.4, 0.5) is 0 Å². The van der Waals surface area contributed by atoms with Crippen LogP contribution in [0.25, 0.3) is 0 Å². The number of ether oxygens (including phenoxy) is 1. The van der Waals surface area contributed by atoms with E-state index in [0.717, 1.165) is 22.2 Å². The fourth-order valence-electron chi connectivity index (χ4n) is 1.88. The highest BCUT2D eigenvalue weighted by Crippen LogP contribution is 2.28. The number of thioether (sulfide) groups is 1. The van der Waals surface area contributed by atoms with E-state index in [-0.39, 0.29) is 18.6 Å². The van der Waals surface area contributed by atoms with Gasteiger partial charge in [-0.25, -0.2) is 0 Å². The fraction of sp³-hybridized carbons (Fsp3) is 0.312. The SMILES string of the molecule is CCSc1ccccc1OCC(=O)N[C@@H](C)c1ccco1. The third-order valence-electron chi connectivity index (χ3n) is 2.86. The summed E-state index contributed by atoms with van der Waals surface area (Å²) >= 11 is 1.69. The molecule has 21 heavy (non-hydrogen) atoms. The maximum Gasteiger partial charge on any atom is 0.258 e. The Morgan fingerprint density at radius 2 is 2.14 bits per heavy atom. The number of hydrogen-bond donors (Lipinski definition) is 1. The van der Waals surface area contributed by atoms with Crippen LogP contribution in [0.3, 0.4) is 0 Å². The molecule has 2 rings (SSSR count). The lowest BCUT2D eigenvalue weighted by Gasteiger charge is -2.13. The Morgan fingerprint density at radius 3 is 2.86 bits per heavy atom. The first kappa shape index (κ1) is 15.5. The molecule has 0 radical (unpaired) electrons. The number of rotatable bonds is 7. The van der Waals surface area contributed by atoms with E-state index < -0.39 is 0 Å². The van der Waals surface area contributed by atoms with Gasteiger partial charge in [0.25, 0.3) is 5.91 Å². The molecule has 1 amide bonds. The van der Waals surface area contributed by atoms with E-state index in [1.54, 1.807) is 24.1 Å². The van der Waals surface area contributed by atoms with Crippen LogP contribution in [0.15, 0.2) is 52.0 Å². The number of benzene rings is 1. The molecule has 0 fully saturated rings. The average Bonchev–Trinajstić information content (AvgIpc) is 3.01. The lowest BCUT2D eigenvalue weighted by Crippen LogP contribution is -2.31. The lowest BCUT2D eigenvalue weighted by molar-refractivity contribution is -0.123. The second-order valence-corrected chi connectivity index (χ2v) is 5.78. The van der Waals surface area contributed by atoms with Crippen molar-refractivity contribution in [1.29, 1.82) is 0 Å². The average molecular weight is 305 g/mol. The minimum absolute atomic E-state index is 0.00760. The van der Waals surface area contributed by atoms with E-state index in [1.807, 2.05) is 37.3 Å². The van der Waals surface area contributed by atoms with Gasteiger partial charge in [0.15, 0.2) is 6.61 Å². The van der Waals surface area contributed by atoms with Crippen LogP contribution in [0.2, 0.25) is 0 Å². The second-order valence-electron chi connectivity index (χ2n) is 4.47. The number of para-hydroxylation sites is 1. The van der Waals surface area contributed by atoms with Gasteiger partial charge >= 0.3 is 0 Å². The lowest BCUT2D eigenvalue weighted by atomic mass is 10.2. The van der Waals surface area contributed by atoms with Crippen LogP contribution in [-0.2, 0) is 4.79 Å². The topological polar surface area (TPSA) is 51.5 Å². The van der Waals surface area contributed by atoms with Crippen molar-refractivity contribution in [3.63, 3.8) is 0 Å². The van der Waals surface area contributed by atoms with Crippen LogP contribution in [0.1, 0.15) is 25.6 Å². The molecular formula is C16H19NO3S. The first-order chi connectivity index (χ1) is 10.2. The standard InChI is InChI=1S/C16H19NO3S/c1-3-21-15-9-5-4-7-14(15)20-11-16(18)17-12(2)13-8-6-10-19-13/h4-10,12H,3,11H2,1-2H3,(H,17,18)/t12-/m0/s1. The predicted octanol–water partition coefficient (Wildman–Crippen LogP) is 3.65.